The molecule has 7 nitrogen and oxygen atoms in total. The number of nitrogens with zero attached hydrogens (tertiary/aromatic N) is 3. The fraction of sp³-hybridized carbons (Fsp3) is 0.316. The molecule has 3 rings (SSSR count). The largest absolute Gasteiger partial charge is 0.496 e. The Labute approximate surface area is 162 Å². The van der Waals surface area contributed by atoms with Gasteiger partial charge in [-0.15, -0.1) is 0 Å². The number of hydrogen-bond acceptors (Lipinski definition) is 5. The van der Waals surface area contributed by atoms with Crippen LogP contribution in [0.15, 0.2) is 30.6 Å². The van der Waals surface area contributed by atoms with Gasteiger partial charge in [-0.25, -0.2) is 10.0 Å². The zero-order chi connectivity index (χ0) is 19.6. The van der Waals surface area contributed by atoms with Crippen LogP contribution in [0.3, 0.4) is 0 Å². The van der Waals surface area contributed by atoms with Gasteiger partial charge in [0.25, 0.3) is 11.8 Å². The quantitative estimate of drug-likeness (QED) is 0.803. The van der Waals surface area contributed by atoms with Crippen LogP contribution in [0.4, 0.5) is 0 Å². The van der Waals surface area contributed by atoms with Crippen LogP contribution in [-0.4, -0.2) is 54.1 Å². The molecule has 0 bridgehead atoms. The number of halogens is 1. The van der Waals surface area contributed by atoms with Crippen LogP contribution in [0.2, 0.25) is 5.02 Å². The fourth-order valence-corrected chi connectivity index (χ4v) is 3.34. The van der Waals surface area contributed by atoms with Crippen molar-refractivity contribution in [2.45, 2.75) is 13.3 Å². The third kappa shape index (κ3) is 3.42. The van der Waals surface area contributed by atoms with Crippen molar-refractivity contribution in [2.24, 2.45) is 0 Å². The summed E-state index contributed by atoms with van der Waals surface area (Å²) in [7, 11) is 2.90. The number of amides is 2. The van der Waals surface area contributed by atoms with E-state index >= 15 is 0 Å². The molecule has 1 aliphatic heterocycles. The molecule has 0 radical (unpaired) electrons. The van der Waals surface area contributed by atoms with Crippen molar-refractivity contribution in [3.63, 3.8) is 0 Å². The van der Waals surface area contributed by atoms with Crippen molar-refractivity contribution in [3.05, 3.63) is 52.3 Å². The Bertz CT molecular complexity index is 887. The van der Waals surface area contributed by atoms with E-state index in [0.29, 0.717) is 35.8 Å². The smallest absolute Gasteiger partial charge is 0.280 e. The number of rotatable bonds is 4. The third-order valence-electron chi connectivity index (χ3n) is 4.48. The van der Waals surface area contributed by atoms with Gasteiger partial charge >= 0.3 is 0 Å². The summed E-state index contributed by atoms with van der Waals surface area (Å²) >= 11 is 6.18. The highest BCUT2D eigenvalue weighted by atomic mass is 35.5. The van der Waals surface area contributed by atoms with Gasteiger partial charge in [-0.05, 0) is 37.1 Å². The Hall–Kier alpha value is -2.80. The average molecular weight is 390 g/mol. The zero-order valence-corrected chi connectivity index (χ0v) is 16.1. The molecule has 0 N–H and O–H groups in total. The van der Waals surface area contributed by atoms with Gasteiger partial charge in [0.1, 0.15) is 11.3 Å². The molecule has 1 fully saturated rings. The molecule has 0 atom stereocenters. The van der Waals surface area contributed by atoms with E-state index in [1.807, 2.05) is 6.92 Å². The van der Waals surface area contributed by atoms with Crippen molar-refractivity contribution in [3.8, 4) is 11.5 Å². The lowest BCUT2D eigenvalue weighted by molar-refractivity contribution is 0.0181. The van der Waals surface area contributed by atoms with Crippen LogP contribution in [0, 0.1) is 6.92 Å². The maximum Gasteiger partial charge on any atom is 0.280 e. The van der Waals surface area contributed by atoms with E-state index < -0.39 is 5.91 Å². The number of benzene rings is 1. The molecule has 0 unspecified atom stereocenters. The maximum absolute atomic E-state index is 13.3. The van der Waals surface area contributed by atoms with Crippen LogP contribution < -0.4 is 9.47 Å². The van der Waals surface area contributed by atoms with Crippen LogP contribution in [-0.2, 0) is 0 Å². The van der Waals surface area contributed by atoms with E-state index in [1.54, 1.807) is 24.4 Å². The van der Waals surface area contributed by atoms with E-state index in [-0.39, 0.29) is 17.2 Å². The van der Waals surface area contributed by atoms with Crippen molar-refractivity contribution in [2.75, 3.05) is 27.3 Å². The van der Waals surface area contributed by atoms with Gasteiger partial charge in [0, 0.05) is 25.5 Å². The molecule has 2 aromatic rings. The standard InChI is InChI=1S/C19H20ClN3O4/c1-12-7-8-21-11-13(12)18(24)22-9-4-10-23(22)19(25)16-15(26-2)6-5-14(20)17(16)27-3/h5-8,11H,4,9-10H2,1-3H3. The molecule has 2 amide bonds. The number of aromatic nitrogens is 1. The van der Waals surface area contributed by atoms with Crippen LogP contribution in [0.25, 0.3) is 0 Å². The molecule has 27 heavy (non-hydrogen) atoms. The summed E-state index contributed by atoms with van der Waals surface area (Å²) in [6, 6.07) is 4.96. The summed E-state index contributed by atoms with van der Waals surface area (Å²) in [4.78, 5) is 30.3. The number of carbonyl (C=O) groups excluding carboxylic acids is 2. The Morgan fingerprint density at radius 1 is 1.07 bits per heavy atom. The SMILES string of the molecule is COc1ccc(Cl)c(OC)c1C(=O)N1CCCN1C(=O)c1cnccc1C. The van der Waals surface area contributed by atoms with Crippen molar-refractivity contribution in [1.29, 1.82) is 0 Å². The molecular formula is C19H20ClN3O4. The van der Waals surface area contributed by atoms with Gasteiger partial charge in [0.2, 0.25) is 0 Å². The maximum atomic E-state index is 13.3. The minimum absolute atomic E-state index is 0.190. The van der Waals surface area contributed by atoms with E-state index in [2.05, 4.69) is 4.98 Å². The second-order valence-electron chi connectivity index (χ2n) is 6.06. The highest BCUT2D eigenvalue weighted by Crippen LogP contribution is 2.37. The first-order valence-electron chi connectivity index (χ1n) is 8.44. The molecule has 1 aromatic heterocycles. The summed E-state index contributed by atoms with van der Waals surface area (Å²) in [5, 5.41) is 3.14. The lowest BCUT2D eigenvalue weighted by atomic mass is 10.1. The number of ether oxygens (including phenoxy) is 2. The molecule has 8 heteroatoms. The molecule has 1 aliphatic rings. The number of carbonyl (C=O) groups is 2. The number of hydrogen-bond donors (Lipinski definition) is 0. The lowest BCUT2D eigenvalue weighted by Crippen LogP contribution is -2.45. The van der Waals surface area contributed by atoms with E-state index in [0.717, 1.165) is 5.56 Å². The average Bonchev–Trinajstić information content (AvgIpc) is 3.16. The molecule has 1 aromatic carbocycles. The van der Waals surface area contributed by atoms with Crippen molar-refractivity contribution in [1.82, 2.24) is 15.0 Å². The van der Waals surface area contributed by atoms with E-state index in [4.69, 9.17) is 21.1 Å². The minimum Gasteiger partial charge on any atom is -0.496 e. The number of hydrazine groups is 1. The molecule has 142 valence electrons. The summed E-state index contributed by atoms with van der Waals surface area (Å²) < 4.78 is 10.6. The van der Waals surface area contributed by atoms with Gasteiger partial charge in [0.15, 0.2) is 5.75 Å². The molecule has 0 aliphatic carbocycles. The van der Waals surface area contributed by atoms with E-state index in [9.17, 15) is 9.59 Å². The Morgan fingerprint density at radius 3 is 2.41 bits per heavy atom. The zero-order valence-electron chi connectivity index (χ0n) is 15.4. The molecule has 2 heterocycles. The van der Waals surface area contributed by atoms with Crippen LogP contribution in [0.5, 0.6) is 11.5 Å². The second kappa shape index (κ2) is 7.84. The van der Waals surface area contributed by atoms with Gasteiger partial charge in [-0.3, -0.25) is 14.6 Å². The number of aryl methyl sites for hydroxylation is 1. The summed E-state index contributed by atoms with van der Waals surface area (Å²) in [5.41, 5.74) is 1.45. The topological polar surface area (TPSA) is 72.0 Å². The predicted octanol–water partition coefficient (Wildman–Crippen LogP) is 2.96. The third-order valence-corrected chi connectivity index (χ3v) is 4.78. The van der Waals surface area contributed by atoms with Crippen molar-refractivity contribution < 1.29 is 19.1 Å². The van der Waals surface area contributed by atoms with E-state index in [1.165, 1.54) is 30.4 Å². The van der Waals surface area contributed by atoms with Crippen LogP contribution in [0.1, 0.15) is 32.7 Å². The summed E-state index contributed by atoms with van der Waals surface area (Å²) in [5.74, 6) is -0.124. The highest BCUT2D eigenvalue weighted by molar-refractivity contribution is 6.32. The number of pyridine rings is 1. The van der Waals surface area contributed by atoms with Crippen molar-refractivity contribution >= 4 is 23.4 Å². The molecule has 0 spiro atoms. The first-order valence-corrected chi connectivity index (χ1v) is 8.82. The summed E-state index contributed by atoms with van der Waals surface area (Å²) in [6.07, 6.45) is 3.81. The Balaban J connectivity index is 1.99. The van der Waals surface area contributed by atoms with Gasteiger partial charge < -0.3 is 9.47 Å². The minimum atomic E-state index is -0.404. The number of methoxy groups -OCH3 is 2. The lowest BCUT2D eigenvalue weighted by Gasteiger charge is -2.29. The fourth-order valence-electron chi connectivity index (χ4n) is 3.10. The molecular weight excluding hydrogens is 370 g/mol. The second-order valence-corrected chi connectivity index (χ2v) is 6.47. The Morgan fingerprint density at radius 2 is 1.78 bits per heavy atom. The predicted molar refractivity (Wildman–Crippen MR) is 100 cm³/mol. The summed E-state index contributed by atoms with van der Waals surface area (Å²) in [6.45, 7) is 2.67. The first kappa shape index (κ1) is 19.0. The molecule has 0 saturated carbocycles. The Kier molecular flexibility index (Phi) is 5.51. The van der Waals surface area contributed by atoms with Gasteiger partial charge in [0.05, 0.1) is 24.8 Å². The monoisotopic (exact) mass is 389 g/mol. The highest BCUT2D eigenvalue weighted by Gasteiger charge is 2.35. The molecule has 1 saturated heterocycles. The van der Waals surface area contributed by atoms with Gasteiger partial charge in [-0.2, -0.15) is 0 Å². The van der Waals surface area contributed by atoms with Gasteiger partial charge in [-0.1, -0.05) is 11.6 Å². The first-order chi connectivity index (χ1) is 13.0. The normalized spacial score (nSPS) is 13.6. The van der Waals surface area contributed by atoms with Crippen LogP contribution >= 0.6 is 11.6 Å².